The molecule has 0 aliphatic carbocycles. The number of hydrogen-bond acceptors (Lipinski definition) is 9. The first kappa shape index (κ1) is 34.3. The largest absolute Gasteiger partial charge is 1.00 e. The molecule has 2 aliphatic rings. The number of carbonyl (C=O) groups excluding carboxylic acids is 1. The number of phosphoric acid groups is 1. The summed E-state index contributed by atoms with van der Waals surface area (Å²) in [6, 6.07) is 7.23. The molecule has 3 rings (SSSR count). The van der Waals surface area contributed by atoms with Crippen molar-refractivity contribution in [3.8, 4) is 0 Å². The number of phosphoric ester groups is 1. The third kappa shape index (κ3) is 9.78. The molecular formula is C18H22F3N2Na2O9PS. The summed E-state index contributed by atoms with van der Waals surface area (Å²) in [6.45, 7) is -1.66. The van der Waals surface area contributed by atoms with Gasteiger partial charge in [-0.2, -0.15) is 13.2 Å². The van der Waals surface area contributed by atoms with Crippen LogP contribution in [-0.2, 0) is 28.6 Å². The summed E-state index contributed by atoms with van der Waals surface area (Å²) >= 11 is 0. The third-order valence-electron chi connectivity index (χ3n) is 5.51. The minimum absolute atomic E-state index is 0. The van der Waals surface area contributed by atoms with E-state index in [1.165, 1.54) is 12.1 Å². The zero-order valence-corrected chi connectivity index (χ0v) is 25.3. The topological polar surface area (TPSA) is 157 Å². The Hall–Kier alpha value is 0.260. The molecule has 1 aromatic rings. The maximum atomic E-state index is 13.0. The van der Waals surface area contributed by atoms with Gasteiger partial charge in [-0.15, -0.1) is 0 Å². The van der Waals surface area contributed by atoms with E-state index in [1.807, 2.05) is 0 Å². The van der Waals surface area contributed by atoms with Crippen LogP contribution in [0.5, 0.6) is 0 Å². The maximum absolute atomic E-state index is 13.0. The number of benzene rings is 1. The molecule has 1 aromatic carbocycles. The second kappa shape index (κ2) is 13.6. The van der Waals surface area contributed by atoms with Crippen molar-refractivity contribution >= 4 is 23.9 Å². The van der Waals surface area contributed by atoms with E-state index in [1.54, 1.807) is 18.2 Å². The molecule has 1 amide bonds. The molecular weight excluding hydrogens is 554 g/mol. The Kier molecular flexibility index (Phi) is 12.9. The minimum atomic E-state index is -5.69. The van der Waals surface area contributed by atoms with Gasteiger partial charge in [-0.3, -0.25) is 0 Å². The van der Waals surface area contributed by atoms with E-state index in [-0.39, 0.29) is 96.5 Å². The van der Waals surface area contributed by atoms with Crippen LogP contribution in [0.25, 0.3) is 0 Å². The van der Waals surface area contributed by atoms with Crippen molar-refractivity contribution in [3.05, 3.63) is 30.3 Å². The Bertz CT molecular complexity index is 1020. The van der Waals surface area contributed by atoms with Crippen LogP contribution < -0.4 is 73.6 Å². The van der Waals surface area contributed by atoms with E-state index < -0.39 is 54.5 Å². The Labute approximate surface area is 250 Å². The van der Waals surface area contributed by atoms with Crippen molar-refractivity contribution in [2.75, 3.05) is 26.3 Å². The molecule has 0 radical (unpaired) electrons. The third-order valence-corrected chi connectivity index (χ3v) is 7.51. The normalized spacial score (nSPS) is 20.8. The van der Waals surface area contributed by atoms with Gasteiger partial charge in [-0.05, 0) is 31.4 Å². The summed E-state index contributed by atoms with van der Waals surface area (Å²) in [5.74, 6) is 0. The van der Waals surface area contributed by atoms with Crippen LogP contribution in [0.1, 0.15) is 19.3 Å². The molecule has 2 atom stereocenters. The van der Waals surface area contributed by atoms with Gasteiger partial charge in [0.1, 0.15) is 0 Å². The van der Waals surface area contributed by atoms with Crippen molar-refractivity contribution < 1.29 is 114 Å². The second-order valence-corrected chi connectivity index (χ2v) is 10.8. The molecule has 2 aliphatic heterocycles. The van der Waals surface area contributed by atoms with Crippen LogP contribution in [0, 0.1) is 0 Å². The van der Waals surface area contributed by atoms with Crippen molar-refractivity contribution in [1.82, 2.24) is 9.62 Å². The van der Waals surface area contributed by atoms with Crippen molar-refractivity contribution in [1.29, 1.82) is 0 Å². The Morgan fingerprint density at radius 2 is 1.81 bits per heavy atom. The molecule has 2 heterocycles. The Morgan fingerprint density at radius 3 is 2.33 bits per heavy atom. The van der Waals surface area contributed by atoms with Gasteiger partial charge in [0.2, 0.25) is 16.1 Å². The van der Waals surface area contributed by atoms with Crippen LogP contribution in [0.3, 0.4) is 0 Å². The summed E-state index contributed by atoms with van der Waals surface area (Å²) in [5, 5.41) is 0. The van der Waals surface area contributed by atoms with Crippen LogP contribution in [0.15, 0.2) is 35.2 Å². The number of nitrogens with zero attached hydrogens (tertiary/aromatic N) is 1. The van der Waals surface area contributed by atoms with Crippen LogP contribution >= 0.6 is 7.82 Å². The SMILES string of the molecule is O=C(OC(COP(=O)([O-])[O-])C(F)(F)F)N1CCC2(CC1)C[C@@H](NS(=O)(=O)c1ccccc1)CO2.[Na+].[Na+]. The average Bonchev–Trinajstić information content (AvgIpc) is 3.11. The Balaban J connectivity index is 0.00000324. The molecule has 18 heteroatoms. The quantitative estimate of drug-likeness (QED) is 0.247. The fourth-order valence-electron chi connectivity index (χ4n) is 3.80. The zero-order valence-electron chi connectivity index (χ0n) is 19.6. The van der Waals surface area contributed by atoms with Gasteiger partial charge in [0.15, 0.2) is 0 Å². The number of hydrogen-bond donors (Lipinski definition) is 1. The fraction of sp³-hybridized carbons (Fsp3) is 0.611. The van der Waals surface area contributed by atoms with E-state index in [0.29, 0.717) is 6.42 Å². The number of ether oxygens (including phenoxy) is 2. The predicted octanol–water partition coefficient (Wildman–Crippen LogP) is -5.49. The predicted molar refractivity (Wildman–Crippen MR) is 105 cm³/mol. The van der Waals surface area contributed by atoms with E-state index in [9.17, 15) is 40.7 Å². The van der Waals surface area contributed by atoms with E-state index in [4.69, 9.17) is 4.74 Å². The average molecular weight is 576 g/mol. The first-order valence-electron chi connectivity index (χ1n) is 10.1. The number of sulfonamides is 1. The van der Waals surface area contributed by atoms with Crippen molar-refractivity contribution in [2.45, 2.75) is 48.1 Å². The second-order valence-electron chi connectivity index (χ2n) is 7.97. The van der Waals surface area contributed by atoms with Crippen LogP contribution in [0.4, 0.5) is 18.0 Å². The van der Waals surface area contributed by atoms with Gasteiger partial charge >= 0.3 is 71.4 Å². The molecule has 2 fully saturated rings. The molecule has 1 spiro atoms. The monoisotopic (exact) mass is 576 g/mol. The standard InChI is InChI=1S/C18H24F3N2O9PS.2Na/c19-18(20,21)15(12-31-33(25,26)27)32-16(24)23-8-6-17(7-9-23)10-13(11-30-17)22-34(28,29)14-4-2-1-3-5-14;;/h1-5,13,15,22H,6-12H2,(H2,25,26,27);;/q;2*+1/p-2/t13-,15?;;/m1../s1. The molecule has 0 bridgehead atoms. The number of piperidine rings is 1. The molecule has 0 saturated carbocycles. The summed E-state index contributed by atoms with van der Waals surface area (Å²) < 4.78 is 90.9. The molecule has 1 unspecified atom stereocenters. The molecule has 1 N–H and O–H groups in total. The maximum Gasteiger partial charge on any atom is 1.00 e. The molecule has 2 saturated heterocycles. The molecule has 36 heavy (non-hydrogen) atoms. The van der Waals surface area contributed by atoms with E-state index in [2.05, 4.69) is 14.0 Å². The molecule has 11 nitrogen and oxygen atoms in total. The van der Waals surface area contributed by atoms with Gasteiger partial charge in [0.05, 0.1) is 31.5 Å². The number of amides is 1. The summed E-state index contributed by atoms with van der Waals surface area (Å²) in [7, 11) is -9.46. The fourth-order valence-corrected chi connectivity index (χ4v) is 5.36. The first-order chi connectivity index (χ1) is 15.7. The number of halogens is 3. The number of alkyl halides is 3. The van der Waals surface area contributed by atoms with Gasteiger partial charge < -0.3 is 33.2 Å². The molecule has 192 valence electrons. The van der Waals surface area contributed by atoms with Crippen LogP contribution in [-0.4, -0.2) is 69.6 Å². The van der Waals surface area contributed by atoms with Crippen molar-refractivity contribution in [2.24, 2.45) is 0 Å². The summed E-state index contributed by atoms with van der Waals surface area (Å²) in [5.41, 5.74) is -0.759. The number of nitrogens with one attached hydrogen (secondary N) is 1. The summed E-state index contributed by atoms with van der Waals surface area (Å²) in [6.07, 6.45) is -8.70. The smallest absolute Gasteiger partial charge is 0.790 e. The van der Waals surface area contributed by atoms with Crippen molar-refractivity contribution in [3.63, 3.8) is 0 Å². The van der Waals surface area contributed by atoms with E-state index in [0.717, 1.165) is 4.90 Å². The zero-order chi connectivity index (χ0) is 25.2. The first-order valence-corrected chi connectivity index (χ1v) is 13.0. The molecule has 0 aromatic heterocycles. The van der Waals surface area contributed by atoms with Gasteiger partial charge in [0.25, 0.3) is 0 Å². The van der Waals surface area contributed by atoms with Gasteiger partial charge in [-0.25, -0.2) is 17.9 Å². The Morgan fingerprint density at radius 1 is 1.22 bits per heavy atom. The van der Waals surface area contributed by atoms with Gasteiger partial charge in [0, 0.05) is 19.1 Å². The number of rotatable bonds is 7. The van der Waals surface area contributed by atoms with Gasteiger partial charge in [-0.1, -0.05) is 18.2 Å². The minimum Gasteiger partial charge on any atom is -0.790 e. The van der Waals surface area contributed by atoms with Crippen LogP contribution in [0.2, 0.25) is 0 Å². The summed E-state index contributed by atoms with van der Waals surface area (Å²) in [4.78, 5) is 34.2. The van der Waals surface area contributed by atoms with E-state index >= 15 is 0 Å². The number of carbonyl (C=O) groups is 1. The number of likely N-dealkylation sites (tertiary alicyclic amines) is 1.